The molecule has 0 amide bonds. The zero-order valence-corrected chi connectivity index (χ0v) is 18.5. The first-order chi connectivity index (χ1) is 17.1. The van der Waals surface area contributed by atoms with Crippen LogP contribution in [0.3, 0.4) is 0 Å². The van der Waals surface area contributed by atoms with Gasteiger partial charge in [0, 0.05) is 41.3 Å². The highest BCUT2D eigenvalue weighted by Gasteiger charge is 2.14. The molecule has 2 aromatic heterocycles. The minimum Gasteiger partial charge on any atom is -0.346 e. The fraction of sp³-hybridized carbons (Fsp3) is 0.0741. The fourth-order valence-electron chi connectivity index (χ4n) is 4.18. The lowest BCUT2D eigenvalue weighted by atomic mass is 10.1. The number of nitriles is 1. The van der Waals surface area contributed by atoms with E-state index in [1.807, 2.05) is 47.2 Å². The number of aromatic nitrogens is 3. The summed E-state index contributed by atoms with van der Waals surface area (Å²) in [6.07, 6.45) is 5.97. The molecule has 8 nitrogen and oxygen atoms in total. The summed E-state index contributed by atoms with van der Waals surface area (Å²) in [5, 5.41) is 21.8. The highest BCUT2D eigenvalue weighted by Crippen LogP contribution is 2.24. The van der Waals surface area contributed by atoms with Crippen LogP contribution in [0.4, 0.5) is 5.69 Å². The summed E-state index contributed by atoms with van der Waals surface area (Å²) in [5.74, 6) is 0.350. The molecule has 0 fully saturated rings. The van der Waals surface area contributed by atoms with Gasteiger partial charge in [-0.1, -0.05) is 36.4 Å². The average molecular weight is 461 g/mol. The summed E-state index contributed by atoms with van der Waals surface area (Å²) in [4.78, 5) is 29.0. The van der Waals surface area contributed by atoms with E-state index < -0.39 is 4.92 Å². The summed E-state index contributed by atoms with van der Waals surface area (Å²) >= 11 is 0. The first-order valence-corrected chi connectivity index (χ1v) is 11.0. The van der Waals surface area contributed by atoms with Crippen LogP contribution in [0, 0.1) is 21.4 Å². The predicted octanol–water partition coefficient (Wildman–Crippen LogP) is 5.33. The molecular formula is C27H19N5O3. The van der Waals surface area contributed by atoms with Crippen LogP contribution in [0.1, 0.15) is 17.8 Å². The van der Waals surface area contributed by atoms with Crippen molar-refractivity contribution in [1.82, 2.24) is 14.1 Å². The zero-order chi connectivity index (χ0) is 24.4. The van der Waals surface area contributed by atoms with E-state index in [0.29, 0.717) is 35.4 Å². The smallest absolute Gasteiger partial charge is 0.271 e. The number of nitro benzene ring substituents is 1. The van der Waals surface area contributed by atoms with Crippen LogP contribution in [0.2, 0.25) is 0 Å². The molecule has 0 saturated carbocycles. The molecule has 0 N–H and O–H groups in total. The molecule has 2 heterocycles. The van der Waals surface area contributed by atoms with Crippen LogP contribution in [-0.4, -0.2) is 19.0 Å². The lowest BCUT2D eigenvalue weighted by Gasteiger charge is -2.11. The molecule has 35 heavy (non-hydrogen) atoms. The van der Waals surface area contributed by atoms with Crippen molar-refractivity contribution in [2.24, 2.45) is 0 Å². The summed E-state index contributed by atoms with van der Waals surface area (Å²) in [5.41, 5.74) is 2.38. The number of benzene rings is 3. The van der Waals surface area contributed by atoms with Gasteiger partial charge < -0.3 is 4.57 Å². The number of aryl methyl sites for hydroxylation is 1. The highest BCUT2D eigenvalue weighted by molar-refractivity contribution is 5.92. The maximum absolute atomic E-state index is 13.5. The van der Waals surface area contributed by atoms with E-state index in [1.54, 1.807) is 36.4 Å². The lowest BCUT2D eigenvalue weighted by Crippen LogP contribution is -2.22. The molecule has 5 aromatic rings. The first kappa shape index (κ1) is 21.8. The van der Waals surface area contributed by atoms with Crippen molar-refractivity contribution in [1.29, 1.82) is 5.26 Å². The van der Waals surface area contributed by atoms with E-state index >= 15 is 0 Å². The Balaban J connectivity index is 1.70. The number of non-ortho nitro benzene ring substituents is 1. The van der Waals surface area contributed by atoms with Crippen LogP contribution in [-0.2, 0) is 6.54 Å². The van der Waals surface area contributed by atoms with Gasteiger partial charge in [-0.15, -0.1) is 0 Å². The van der Waals surface area contributed by atoms with Gasteiger partial charge in [-0.05, 0) is 36.4 Å². The third kappa shape index (κ3) is 4.07. The van der Waals surface area contributed by atoms with E-state index in [1.165, 1.54) is 16.7 Å². The van der Waals surface area contributed by atoms with Crippen LogP contribution < -0.4 is 5.56 Å². The standard InChI is InChI=1S/C27H19N5O3/c28-15-6-16-30-18-19(22-9-2-4-12-25(22)30)13-14-26-29-24-11-3-1-10-23(24)27(33)31(26)20-7-5-8-21(17-20)32(34)35/h1-5,7-14,17-18H,6,16H2/b14-13+. The van der Waals surface area contributed by atoms with Gasteiger partial charge in [-0.25, -0.2) is 4.98 Å². The van der Waals surface area contributed by atoms with Gasteiger partial charge in [0.2, 0.25) is 0 Å². The maximum Gasteiger partial charge on any atom is 0.271 e. The first-order valence-electron chi connectivity index (χ1n) is 11.0. The van der Waals surface area contributed by atoms with Gasteiger partial charge >= 0.3 is 0 Å². The molecule has 3 aromatic carbocycles. The Morgan fingerprint density at radius 1 is 1.00 bits per heavy atom. The molecular weight excluding hydrogens is 442 g/mol. The van der Waals surface area contributed by atoms with E-state index in [2.05, 4.69) is 6.07 Å². The Morgan fingerprint density at radius 3 is 2.57 bits per heavy atom. The summed E-state index contributed by atoms with van der Waals surface area (Å²) in [6.45, 7) is 0.567. The van der Waals surface area contributed by atoms with Crippen molar-refractivity contribution in [3.05, 3.63) is 111 Å². The van der Waals surface area contributed by atoms with Crippen molar-refractivity contribution >= 4 is 39.6 Å². The Labute approximate surface area is 199 Å². The van der Waals surface area contributed by atoms with Gasteiger partial charge in [0.05, 0.1) is 34.0 Å². The quantitative estimate of drug-likeness (QED) is 0.251. The SMILES string of the molecule is N#CCCn1cc(/C=C/c2nc3ccccc3c(=O)n2-c2cccc([N+](=O)[O-])c2)c2ccccc21. The third-order valence-corrected chi connectivity index (χ3v) is 5.80. The summed E-state index contributed by atoms with van der Waals surface area (Å²) in [7, 11) is 0. The number of hydrogen-bond acceptors (Lipinski definition) is 5. The number of nitro groups is 1. The molecule has 5 rings (SSSR count). The van der Waals surface area contributed by atoms with Crippen LogP contribution in [0.15, 0.2) is 83.8 Å². The Morgan fingerprint density at radius 2 is 1.77 bits per heavy atom. The predicted molar refractivity (Wildman–Crippen MR) is 135 cm³/mol. The Bertz CT molecular complexity index is 1720. The van der Waals surface area contributed by atoms with Gasteiger partial charge in [0.25, 0.3) is 11.2 Å². The molecule has 0 atom stereocenters. The Hall–Kier alpha value is -5.03. The number of fused-ring (bicyclic) bond motifs is 2. The maximum atomic E-state index is 13.5. The topological polar surface area (TPSA) is 107 Å². The fourth-order valence-corrected chi connectivity index (χ4v) is 4.18. The second-order valence-electron chi connectivity index (χ2n) is 7.94. The minimum atomic E-state index is -0.491. The number of para-hydroxylation sites is 2. The molecule has 0 aliphatic rings. The van der Waals surface area contributed by atoms with Crippen molar-refractivity contribution in [3.8, 4) is 11.8 Å². The van der Waals surface area contributed by atoms with E-state index in [9.17, 15) is 14.9 Å². The summed E-state index contributed by atoms with van der Waals surface area (Å²) in [6, 6.07) is 23.0. The molecule has 0 aliphatic heterocycles. The number of hydrogen-bond donors (Lipinski definition) is 0. The zero-order valence-electron chi connectivity index (χ0n) is 18.5. The normalized spacial score (nSPS) is 11.3. The largest absolute Gasteiger partial charge is 0.346 e. The summed E-state index contributed by atoms with van der Waals surface area (Å²) < 4.78 is 3.42. The van der Waals surface area contributed by atoms with E-state index in [-0.39, 0.29) is 11.2 Å². The average Bonchev–Trinajstić information content (AvgIpc) is 3.24. The second kappa shape index (κ2) is 9.08. The lowest BCUT2D eigenvalue weighted by molar-refractivity contribution is -0.384. The van der Waals surface area contributed by atoms with Gasteiger partial charge in [-0.3, -0.25) is 19.5 Å². The minimum absolute atomic E-state index is 0.113. The van der Waals surface area contributed by atoms with Crippen molar-refractivity contribution in [3.63, 3.8) is 0 Å². The molecule has 0 unspecified atom stereocenters. The van der Waals surface area contributed by atoms with Crippen molar-refractivity contribution in [2.75, 3.05) is 0 Å². The molecule has 0 spiro atoms. The van der Waals surface area contributed by atoms with Crippen molar-refractivity contribution in [2.45, 2.75) is 13.0 Å². The van der Waals surface area contributed by atoms with Gasteiger partial charge in [0.1, 0.15) is 5.82 Å². The molecule has 0 aliphatic carbocycles. The van der Waals surface area contributed by atoms with Crippen molar-refractivity contribution < 1.29 is 4.92 Å². The third-order valence-electron chi connectivity index (χ3n) is 5.80. The molecule has 8 heteroatoms. The van der Waals surface area contributed by atoms with Gasteiger partial charge in [-0.2, -0.15) is 5.26 Å². The molecule has 0 saturated heterocycles. The Kier molecular flexibility index (Phi) is 5.65. The molecule has 0 bridgehead atoms. The van der Waals surface area contributed by atoms with Gasteiger partial charge in [0.15, 0.2) is 0 Å². The number of nitrogens with zero attached hydrogens (tertiary/aromatic N) is 5. The monoisotopic (exact) mass is 461 g/mol. The van der Waals surface area contributed by atoms with Crippen LogP contribution in [0.5, 0.6) is 0 Å². The van der Waals surface area contributed by atoms with Crippen LogP contribution in [0.25, 0.3) is 39.6 Å². The van der Waals surface area contributed by atoms with E-state index in [0.717, 1.165) is 16.5 Å². The number of rotatable bonds is 6. The second-order valence-corrected chi connectivity index (χ2v) is 7.94. The molecule has 0 radical (unpaired) electrons. The van der Waals surface area contributed by atoms with Crippen LogP contribution >= 0.6 is 0 Å². The molecule has 170 valence electrons. The highest BCUT2D eigenvalue weighted by atomic mass is 16.6. The van der Waals surface area contributed by atoms with E-state index in [4.69, 9.17) is 10.2 Å².